The van der Waals surface area contributed by atoms with Crippen LogP contribution in [-0.4, -0.2) is 12.2 Å². The molecule has 1 atom stereocenters. The third-order valence-corrected chi connectivity index (χ3v) is 3.31. The predicted octanol–water partition coefficient (Wildman–Crippen LogP) is 3.88. The van der Waals surface area contributed by atoms with Gasteiger partial charge in [-0.05, 0) is 49.0 Å². The molecule has 0 aliphatic rings. The van der Waals surface area contributed by atoms with E-state index in [2.05, 4.69) is 10.6 Å². The second kappa shape index (κ2) is 7.04. The minimum atomic E-state index is -0.334. The number of rotatable bonds is 4. The van der Waals surface area contributed by atoms with Crippen LogP contribution in [0, 0.1) is 5.82 Å². The molecule has 110 valence electrons. The Morgan fingerprint density at radius 1 is 1.14 bits per heavy atom. The second-order valence-corrected chi connectivity index (χ2v) is 4.98. The molecule has 21 heavy (non-hydrogen) atoms. The zero-order chi connectivity index (χ0) is 15.2. The van der Waals surface area contributed by atoms with Crippen LogP contribution in [0.1, 0.15) is 18.5 Å². The molecule has 5 heteroatoms. The molecule has 0 aromatic heterocycles. The summed E-state index contributed by atoms with van der Waals surface area (Å²) in [4.78, 5) is 0. The van der Waals surface area contributed by atoms with Crippen LogP contribution in [0.5, 0.6) is 5.75 Å². The smallest absolute Gasteiger partial charge is 0.171 e. The fourth-order valence-electron chi connectivity index (χ4n) is 1.89. The van der Waals surface area contributed by atoms with E-state index in [4.69, 9.17) is 17.0 Å². The highest BCUT2D eigenvalue weighted by atomic mass is 32.1. The van der Waals surface area contributed by atoms with Crippen LogP contribution in [0.2, 0.25) is 0 Å². The lowest BCUT2D eigenvalue weighted by Crippen LogP contribution is -2.31. The number of halogens is 1. The maximum atomic E-state index is 13.5. The van der Waals surface area contributed by atoms with Crippen molar-refractivity contribution in [3.63, 3.8) is 0 Å². The van der Waals surface area contributed by atoms with Crippen LogP contribution in [0.4, 0.5) is 10.1 Å². The highest BCUT2D eigenvalue weighted by Crippen LogP contribution is 2.18. The third-order valence-electron chi connectivity index (χ3n) is 3.09. The van der Waals surface area contributed by atoms with Crippen LogP contribution in [0.3, 0.4) is 0 Å². The molecule has 0 unspecified atom stereocenters. The first-order chi connectivity index (χ1) is 10.1. The minimum Gasteiger partial charge on any atom is -0.497 e. The summed E-state index contributed by atoms with van der Waals surface area (Å²) in [6.07, 6.45) is 0. The molecule has 3 nitrogen and oxygen atoms in total. The van der Waals surface area contributed by atoms with Crippen molar-refractivity contribution < 1.29 is 9.13 Å². The number of thiocarbonyl (C=S) groups is 1. The number of benzene rings is 2. The third kappa shape index (κ3) is 4.16. The van der Waals surface area contributed by atoms with Crippen LogP contribution in [0.15, 0.2) is 48.5 Å². The van der Waals surface area contributed by atoms with E-state index in [9.17, 15) is 4.39 Å². The molecular weight excluding hydrogens is 287 g/mol. The first-order valence-corrected chi connectivity index (χ1v) is 6.97. The van der Waals surface area contributed by atoms with Crippen molar-refractivity contribution in [3.8, 4) is 5.75 Å². The predicted molar refractivity (Wildman–Crippen MR) is 87.2 cm³/mol. The van der Waals surface area contributed by atoms with E-state index in [0.717, 1.165) is 11.3 Å². The van der Waals surface area contributed by atoms with Crippen molar-refractivity contribution in [2.45, 2.75) is 13.0 Å². The Morgan fingerprint density at radius 3 is 2.43 bits per heavy atom. The van der Waals surface area contributed by atoms with E-state index < -0.39 is 0 Å². The van der Waals surface area contributed by atoms with Gasteiger partial charge in [0, 0.05) is 0 Å². The minimum absolute atomic E-state index is 0.00248. The first-order valence-electron chi connectivity index (χ1n) is 6.56. The average Bonchev–Trinajstić information content (AvgIpc) is 2.49. The number of para-hydroxylation sites is 1. The molecule has 0 radical (unpaired) electrons. The average molecular weight is 304 g/mol. The number of nitrogens with one attached hydrogen (secondary N) is 2. The van der Waals surface area contributed by atoms with Gasteiger partial charge in [0.1, 0.15) is 11.6 Å². The van der Waals surface area contributed by atoms with Gasteiger partial charge in [-0.1, -0.05) is 24.3 Å². The van der Waals surface area contributed by atoms with Crippen LogP contribution >= 0.6 is 12.2 Å². The highest BCUT2D eigenvalue weighted by Gasteiger charge is 2.08. The zero-order valence-electron chi connectivity index (χ0n) is 11.9. The second-order valence-electron chi connectivity index (χ2n) is 4.57. The van der Waals surface area contributed by atoms with E-state index in [1.165, 1.54) is 6.07 Å². The van der Waals surface area contributed by atoms with Gasteiger partial charge in [0.25, 0.3) is 0 Å². The molecular formula is C16H17FN2OS. The zero-order valence-corrected chi connectivity index (χ0v) is 12.7. The van der Waals surface area contributed by atoms with Gasteiger partial charge in [0.15, 0.2) is 5.11 Å². The van der Waals surface area contributed by atoms with Gasteiger partial charge in [-0.2, -0.15) is 0 Å². The van der Waals surface area contributed by atoms with Gasteiger partial charge in [-0.3, -0.25) is 0 Å². The van der Waals surface area contributed by atoms with Gasteiger partial charge in [-0.25, -0.2) is 4.39 Å². The molecule has 0 saturated heterocycles. The highest BCUT2D eigenvalue weighted by molar-refractivity contribution is 7.80. The number of ether oxygens (including phenoxy) is 1. The van der Waals surface area contributed by atoms with Crippen LogP contribution in [0.25, 0.3) is 0 Å². The molecule has 0 saturated carbocycles. The monoisotopic (exact) mass is 304 g/mol. The Kier molecular flexibility index (Phi) is 5.11. The summed E-state index contributed by atoms with van der Waals surface area (Å²) in [5.41, 5.74) is 1.42. The Hall–Kier alpha value is -2.14. The largest absolute Gasteiger partial charge is 0.497 e. The quantitative estimate of drug-likeness (QED) is 0.840. The van der Waals surface area contributed by atoms with E-state index in [0.29, 0.717) is 10.8 Å². The SMILES string of the molecule is COc1ccc([C@@H](C)NC(=S)Nc2ccccc2F)cc1. The van der Waals surface area contributed by atoms with Crippen LogP contribution < -0.4 is 15.4 Å². The van der Waals surface area contributed by atoms with E-state index in [1.807, 2.05) is 31.2 Å². The molecule has 0 aliphatic carbocycles. The molecule has 0 bridgehead atoms. The summed E-state index contributed by atoms with van der Waals surface area (Å²) < 4.78 is 18.7. The topological polar surface area (TPSA) is 33.3 Å². The molecule has 2 N–H and O–H groups in total. The maximum absolute atomic E-state index is 13.5. The molecule has 0 aliphatic heterocycles. The molecule has 2 rings (SSSR count). The number of methoxy groups -OCH3 is 1. The Bertz CT molecular complexity index is 616. The fourth-order valence-corrected chi connectivity index (χ4v) is 2.18. The fraction of sp³-hybridized carbons (Fsp3) is 0.188. The van der Waals surface area contributed by atoms with Gasteiger partial charge < -0.3 is 15.4 Å². The summed E-state index contributed by atoms with van der Waals surface area (Å²) in [5.74, 6) is 0.469. The molecule has 0 fully saturated rings. The standard InChI is InChI=1S/C16H17FN2OS/c1-11(12-7-9-13(20-2)10-8-12)18-16(21)19-15-6-4-3-5-14(15)17/h3-11H,1-2H3,(H2,18,19,21)/t11-/m1/s1. The molecule has 2 aromatic rings. The lowest BCUT2D eigenvalue weighted by atomic mass is 10.1. The van der Waals surface area contributed by atoms with E-state index in [1.54, 1.807) is 25.3 Å². The normalized spacial score (nSPS) is 11.6. The van der Waals surface area contributed by atoms with Crippen molar-refractivity contribution in [3.05, 3.63) is 59.9 Å². The van der Waals surface area contributed by atoms with E-state index in [-0.39, 0.29) is 11.9 Å². The van der Waals surface area contributed by atoms with Crippen LogP contribution in [-0.2, 0) is 0 Å². The number of hydrogen-bond acceptors (Lipinski definition) is 2. The molecule has 0 heterocycles. The lowest BCUT2D eigenvalue weighted by Gasteiger charge is -2.18. The van der Waals surface area contributed by atoms with Gasteiger partial charge >= 0.3 is 0 Å². The van der Waals surface area contributed by atoms with Gasteiger partial charge in [-0.15, -0.1) is 0 Å². The molecule has 0 spiro atoms. The summed E-state index contributed by atoms with van der Waals surface area (Å²) in [6, 6.07) is 14.1. The Labute approximate surface area is 129 Å². The Balaban J connectivity index is 1.97. The lowest BCUT2D eigenvalue weighted by molar-refractivity contribution is 0.414. The van der Waals surface area contributed by atoms with Crippen molar-refractivity contribution in [1.82, 2.24) is 5.32 Å². The summed E-state index contributed by atoms with van der Waals surface area (Å²) in [6.45, 7) is 1.98. The van der Waals surface area contributed by atoms with Crippen molar-refractivity contribution in [2.24, 2.45) is 0 Å². The van der Waals surface area contributed by atoms with Crippen molar-refractivity contribution >= 4 is 23.0 Å². The maximum Gasteiger partial charge on any atom is 0.171 e. The first kappa shape index (κ1) is 15.3. The number of anilines is 1. The summed E-state index contributed by atoms with van der Waals surface area (Å²) in [5, 5.41) is 6.35. The van der Waals surface area contributed by atoms with E-state index >= 15 is 0 Å². The Morgan fingerprint density at radius 2 is 1.81 bits per heavy atom. The summed E-state index contributed by atoms with van der Waals surface area (Å²) in [7, 11) is 1.63. The van der Waals surface area contributed by atoms with Crippen molar-refractivity contribution in [1.29, 1.82) is 0 Å². The van der Waals surface area contributed by atoms with Gasteiger partial charge in [0.05, 0.1) is 18.8 Å². The molecule has 0 amide bonds. The molecule has 2 aromatic carbocycles. The van der Waals surface area contributed by atoms with Crippen molar-refractivity contribution in [2.75, 3.05) is 12.4 Å². The number of hydrogen-bond donors (Lipinski definition) is 2. The summed E-state index contributed by atoms with van der Waals surface area (Å²) >= 11 is 5.21. The van der Waals surface area contributed by atoms with Gasteiger partial charge in [0.2, 0.25) is 0 Å².